The molecule has 0 aliphatic heterocycles. The van der Waals surface area contributed by atoms with Crippen LogP contribution in [0.3, 0.4) is 0 Å². The van der Waals surface area contributed by atoms with Gasteiger partial charge in [0.2, 0.25) is 0 Å². The van der Waals surface area contributed by atoms with E-state index in [-0.39, 0.29) is 5.92 Å². The lowest BCUT2D eigenvalue weighted by molar-refractivity contribution is 0.407. The molecule has 17 heavy (non-hydrogen) atoms. The van der Waals surface area contributed by atoms with Crippen molar-refractivity contribution in [1.29, 1.82) is 5.26 Å². The molecule has 1 atom stereocenters. The van der Waals surface area contributed by atoms with Gasteiger partial charge in [0.1, 0.15) is 5.75 Å². The minimum atomic E-state index is -0.0431. The third-order valence-electron chi connectivity index (χ3n) is 3.04. The zero-order valence-corrected chi connectivity index (χ0v) is 11.3. The van der Waals surface area contributed by atoms with Crippen LogP contribution in [0.5, 0.6) is 5.75 Å². The fourth-order valence-corrected chi connectivity index (χ4v) is 2.01. The standard InChI is InChI=1S/C15H21NO/c1-10(2)13-8-12(6-7-15(13)17-5)14(9-16)11(3)4/h6-8,10-11,14H,1-5H3. The summed E-state index contributed by atoms with van der Waals surface area (Å²) in [5, 5.41) is 9.22. The van der Waals surface area contributed by atoms with E-state index < -0.39 is 0 Å². The molecule has 0 aromatic heterocycles. The van der Waals surface area contributed by atoms with E-state index >= 15 is 0 Å². The summed E-state index contributed by atoms with van der Waals surface area (Å²) in [7, 11) is 1.69. The smallest absolute Gasteiger partial charge is 0.122 e. The molecule has 0 heterocycles. The Bertz CT molecular complexity index is 415. The predicted octanol–water partition coefficient (Wildman–Crippen LogP) is 4.08. The number of methoxy groups -OCH3 is 1. The summed E-state index contributed by atoms with van der Waals surface area (Å²) >= 11 is 0. The van der Waals surface area contributed by atoms with Gasteiger partial charge in [-0.2, -0.15) is 5.26 Å². The van der Waals surface area contributed by atoms with E-state index in [1.54, 1.807) is 7.11 Å². The average Bonchev–Trinajstić information content (AvgIpc) is 2.29. The second kappa shape index (κ2) is 5.72. The third-order valence-corrected chi connectivity index (χ3v) is 3.04. The van der Waals surface area contributed by atoms with E-state index in [1.165, 1.54) is 5.56 Å². The van der Waals surface area contributed by atoms with E-state index in [1.807, 2.05) is 12.1 Å². The van der Waals surface area contributed by atoms with Crippen LogP contribution in [0.15, 0.2) is 18.2 Å². The Morgan fingerprint density at radius 3 is 2.24 bits per heavy atom. The number of nitriles is 1. The molecular formula is C15H21NO. The van der Waals surface area contributed by atoms with Crippen molar-refractivity contribution in [2.45, 2.75) is 39.5 Å². The van der Waals surface area contributed by atoms with Crippen molar-refractivity contribution >= 4 is 0 Å². The first-order valence-electron chi connectivity index (χ1n) is 6.08. The summed E-state index contributed by atoms with van der Waals surface area (Å²) in [6.45, 7) is 8.43. The van der Waals surface area contributed by atoms with Gasteiger partial charge >= 0.3 is 0 Å². The molecule has 92 valence electrons. The molecule has 0 radical (unpaired) electrons. The Labute approximate surface area is 104 Å². The van der Waals surface area contributed by atoms with Crippen LogP contribution in [0.1, 0.15) is 50.7 Å². The molecule has 1 rings (SSSR count). The maximum absolute atomic E-state index is 9.22. The van der Waals surface area contributed by atoms with Crippen LogP contribution in [-0.2, 0) is 0 Å². The van der Waals surface area contributed by atoms with Gasteiger partial charge in [0.15, 0.2) is 0 Å². The average molecular weight is 231 g/mol. The molecule has 1 aromatic carbocycles. The highest BCUT2D eigenvalue weighted by molar-refractivity contribution is 5.41. The number of nitrogens with zero attached hydrogens (tertiary/aromatic N) is 1. The number of rotatable bonds is 4. The van der Waals surface area contributed by atoms with Gasteiger partial charge in [-0.1, -0.05) is 39.8 Å². The summed E-state index contributed by atoms with van der Waals surface area (Å²) in [4.78, 5) is 0. The SMILES string of the molecule is COc1ccc(C(C#N)C(C)C)cc1C(C)C. The lowest BCUT2D eigenvalue weighted by atomic mass is 9.87. The van der Waals surface area contributed by atoms with Crippen LogP contribution in [0, 0.1) is 17.2 Å². The third kappa shape index (κ3) is 3.00. The highest BCUT2D eigenvalue weighted by Crippen LogP contribution is 2.32. The molecule has 0 aliphatic carbocycles. The molecule has 0 aliphatic rings. The molecule has 0 saturated carbocycles. The molecule has 0 saturated heterocycles. The predicted molar refractivity (Wildman–Crippen MR) is 70.3 cm³/mol. The van der Waals surface area contributed by atoms with E-state index in [0.717, 1.165) is 11.3 Å². The van der Waals surface area contributed by atoms with Crippen molar-refractivity contribution in [1.82, 2.24) is 0 Å². The molecule has 0 bridgehead atoms. The van der Waals surface area contributed by atoms with Crippen molar-refractivity contribution in [3.8, 4) is 11.8 Å². The summed E-state index contributed by atoms with van der Waals surface area (Å²) in [5.41, 5.74) is 2.26. The molecule has 0 fully saturated rings. The normalized spacial score (nSPS) is 12.6. The summed E-state index contributed by atoms with van der Waals surface area (Å²) in [5.74, 6) is 1.59. The van der Waals surface area contributed by atoms with E-state index in [4.69, 9.17) is 4.74 Å². The van der Waals surface area contributed by atoms with Crippen LogP contribution in [-0.4, -0.2) is 7.11 Å². The molecular weight excluding hydrogens is 210 g/mol. The van der Waals surface area contributed by atoms with Crippen molar-refractivity contribution in [2.24, 2.45) is 5.92 Å². The maximum Gasteiger partial charge on any atom is 0.122 e. The van der Waals surface area contributed by atoms with Crippen LogP contribution < -0.4 is 4.74 Å². The Balaban J connectivity index is 3.21. The topological polar surface area (TPSA) is 33.0 Å². The van der Waals surface area contributed by atoms with Gasteiger partial charge in [-0.3, -0.25) is 0 Å². The monoisotopic (exact) mass is 231 g/mol. The molecule has 1 unspecified atom stereocenters. The lowest BCUT2D eigenvalue weighted by Crippen LogP contribution is -2.05. The van der Waals surface area contributed by atoms with Crippen LogP contribution in [0.25, 0.3) is 0 Å². The minimum Gasteiger partial charge on any atom is -0.496 e. The first-order valence-corrected chi connectivity index (χ1v) is 6.08. The molecule has 0 spiro atoms. The summed E-state index contributed by atoms with van der Waals surface area (Å²) < 4.78 is 5.35. The Hall–Kier alpha value is -1.49. The first kappa shape index (κ1) is 13.6. The van der Waals surface area contributed by atoms with Gasteiger partial charge in [0.05, 0.1) is 19.1 Å². The fraction of sp³-hybridized carbons (Fsp3) is 0.533. The molecule has 0 N–H and O–H groups in total. The van der Waals surface area contributed by atoms with Gasteiger partial charge in [0.25, 0.3) is 0 Å². The fourth-order valence-electron chi connectivity index (χ4n) is 2.01. The van der Waals surface area contributed by atoms with Gasteiger partial charge in [-0.15, -0.1) is 0 Å². The molecule has 2 nitrogen and oxygen atoms in total. The Morgan fingerprint density at radius 1 is 1.18 bits per heavy atom. The van der Waals surface area contributed by atoms with E-state index in [0.29, 0.717) is 11.8 Å². The number of hydrogen-bond acceptors (Lipinski definition) is 2. The zero-order chi connectivity index (χ0) is 13.0. The number of hydrogen-bond donors (Lipinski definition) is 0. The van der Waals surface area contributed by atoms with Crippen LogP contribution in [0.4, 0.5) is 0 Å². The van der Waals surface area contributed by atoms with E-state index in [2.05, 4.69) is 39.8 Å². The first-order chi connectivity index (χ1) is 8.01. The highest BCUT2D eigenvalue weighted by atomic mass is 16.5. The van der Waals surface area contributed by atoms with Crippen molar-refractivity contribution < 1.29 is 4.74 Å². The Kier molecular flexibility index (Phi) is 4.57. The maximum atomic E-state index is 9.22. The van der Waals surface area contributed by atoms with Gasteiger partial charge in [-0.25, -0.2) is 0 Å². The second-order valence-corrected chi connectivity index (χ2v) is 5.01. The molecule has 0 amide bonds. The van der Waals surface area contributed by atoms with Crippen molar-refractivity contribution in [2.75, 3.05) is 7.11 Å². The van der Waals surface area contributed by atoms with Gasteiger partial charge in [0, 0.05) is 0 Å². The number of benzene rings is 1. The zero-order valence-electron chi connectivity index (χ0n) is 11.3. The molecule has 2 heteroatoms. The van der Waals surface area contributed by atoms with Gasteiger partial charge in [-0.05, 0) is 29.0 Å². The minimum absolute atomic E-state index is 0.0431. The quantitative estimate of drug-likeness (QED) is 0.782. The largest absolute Gasteiger partial charge is 0.496 e. The summed E-state index contributed by atoms with van der Waals surface area (Å²) in [6, 6.07) is 8.46. The van der Waals surface area contributed by atoms with E-state index in [9.17, 15) is 5.26 Å². The summed E-state index contributed by atoms with van der Waals surface area (Å²) in [6.07, 6.45) is 0. The highest BCUT2D eigenvalue weighted by Gasteiger charge is 2.17. The van der Waals surface area contributed by atoms with Crippen molar-refractivity contribution in [3.63, 3.8) is 0 Å². The van der Waals surface area contributed by atoms with Crippen LogP contribution >= 0.6 is 0 Å². The Morgan fingerprint density at radius 2 is 1.82 bits per heavy atom. The second-order valence-electron chi connectivity index (χ2n) is 5.01. The number of ether oxygens (including phenoxy) is 1. The van der Waals surface area contributed by atoms with Crippen LogP contribution in [0.2, 0.25) is 0 Å². The van der Waals surface area contributed by atoms with Gasteiger partial charge < -0.3 is 4.74 Å². The molecule has 1 aromatic rings. The lowest BCUT2D eigenvalue weighted by Gasteiger charge is -2.18. The van der Waals surface area contributed by atoms with Crippen molar-refractivity contribution in [3.05, 3.63) is 29.3 Å².